The molecule has 2 aliphatic rings. The molecule has 0 spiro atoms. The maximum absolute atomic E-state index is 12.5. The van der Waals surface area contributed by atoms with E-state index >= 15 is 0 Å². The van der Waals surface area contributed by atoms with Gasteiger partial charge in [0.1, 0.15) is 0 Å². The van der Waals surface area contributed by atoms with Gasteiger partial charge in [-0.3, -0.25) is 9.79 Å². The third-order valence-corrected chi connectivity index (χ3v) is 5.21. The molecule has 7 nitrogen and oxygen atoms in total. The predicted molar refractivity (Wildman–Crippen MR) is 114 cm³/mol. The van der Waals surface area contributed by atoms with Gasteiger partial charge in [-0.15, -0.1) is 0 Å². The molecule has 2 aliphatic heterocycles. The first kappa shape index (κ1) is 21.6. The van der Waals surface area contributed by atoms with E-state index in [1.807, 2.05) is 24.0 Å². The Balaban J connectivity index is 1.36. The van der Waals surface area contributed by atoms with Crippen LogP contribution < -0.4 is 10.6 Å². The molecule has 29 heavy (non-hydrogen) atoms. The van der Waals surface area contributed by atoms with Crippen molar-refractivity contribution in [2.75, 3.05) is 32.9 Å². The molecule has 0 bridgehead atoms. The molecule has 3 rings (SSSR count). The Morgan fingerprint density at radius 2 is 2.10 bits per heavy atom. The van der Waals surface area contributed by atoms with Crippen LogP contribution in [0.4, 0.5) is 0 Å². The molecule has 1 amide bonds. The summed E-state index contributed by atoms with van der Waals surface area (Å²) in [5, 5.41) is 6.63. The molecule has 2 heterocycles. The van der Waals surface area contributed by atoms with Crippen LogP contribution in [-0.2, 0) is 27.4 Å². The van der Waals surface area contributed by atoms with E-state index < -0.39 is 0 Å². The Morgan fingerprint density at radius 1 is 1.34 bits per heavy atom. The third kappa shape index (κ3) is 6.72. The van der Waals surface area contributed by atoms with Gasteiger partial charge in [-0.25, -0.2) is 0 Å². The fourth-order valence-corrected chi connectivity index (χ4v) is 3.61. The first-order valence-electron chi connectivity index (χ1n) is 10.7. The van der Waals surface area contributed by atoms with Crippen molar-refractivity contribution >= 4 is 11.9 Å². The van der Waals surface area contributed by atoms with Crippen molar-refractivity contribution in [3.63, 3.8) is 0 Å². The molecule has 2 atom stereocenters. The molecule has 0 aromatic heterocycles. The molecule has 7 heteroatoms. The molecule has 2 unspecified atom stereocenters. The number of amides is 1. The number of nitrogens with zero attached hydrogens (tertiary/aromatic N) is 2. The quantitative estimate of drug-likeness (QED) is 0.376. The first-order valence-corrected chi connectivity index (χ1v) is 10.7. The van der Waals surface area contributed by atoms with E-state index in [9.17, 15) is 4.79 Å². The summed E-state index contributed by atoms with van der Waals surface area (Å²) in [6, 6.07) is 8.42. The number of guanidine groups is 1. The zero-order valence-corrected chi connectivity index (χ0v) is 17.7. The number of carbonyl (C=O) groups excluding carboxylic acids is 1. The van der Waals surface area contributed by atoms with E-state index in [1.165, 1.54) is 11.1 Å². The molecule has 2 N–H and O–H groups in total. The maximum Gasteiger partial charge on any atom is 0.223 e. The van der Waals surface area contributed by atoms with Gasteiger partial charge in [0.25, 0.3) is 0 Å². The van der Waals surface area contributed by atoms with E-state index in [0.717, 1.165) is 45.0 Å². The fraction of sp³-hybridized carbons (Fsp3) is 0.636. The Hall–Kier alpha value is -2.12. The molecule has 160 valence electrons. The average molecular weight is 403 g/mol. The van der Waals surface area contributed by atoms with Gasteiger partial charge < -0.3 is 25.0 Å². The number of hydrogen-bond donors (Lipinski definition) is 2. The van der Waals surface area contributed by atoms with Gasteiger partial charge in [0.2, 0.25) is 5.91 Å². The summed E-state index contributed by atoms with van der Waals surface area (Å²) in [4.78, 5) is 19.0. The van der Waals surface area contributed by atoms with Crippen molar-refractivity contribution in [1.29, 1.82) is 0 Å². The summed E-state index contributed by atoms with van der Waals surface area (Å²) in [7, 11) is 0. The normalized spacial score (nSPS) is 19.9. The van der Waals surface area contributed by atoms with Gasteiger partial charge >= 0.3 is 0 Å². The van der Waals surface area contributed by atoms with Gasteiger partial charge in [-0.2, -0.15) is 0 Å². The van der Waals surface area contributed by atoms with Crippen molar-refractivity contribution in [2.45, 2.75) is 58.3 Å². The Morgan fingerprint density at radius 3 is 2.76 bits per heavy atom. The summed E-state index contributed by atoms with van der Waals surface area (Å²) in [6.07, 6.45) is 2.45. The second kappa shape index (κ2) is 11.2. The van der Waals surface area contributed by atoms with Gasteiger partial charge in [-0.05, 0) is 37.8 Å². The monoisotopic (exact) mass is 402 g/mol. The summed E-state index contributed by atoms with van der Waals surface area (Å²) < 4.78 is 11.2. The van der Waals surface area contributed by atoms with E-state index in [-0.39, 0.29) is 18.1 Å². The van der Waals surface area contributed by atoms with Crippen LogP contribution in [0.2, 0.25) is 0 Å². The van der Waals surface area contributed by atoms with Gasteiger partial charge in [0.15, 0.2) is 5.96 Å². The molecule has 0 saturated carbocycles. The van der Waals surface area contributed by atoms with Crippen molar-refractivity contribution in [3.05, 3.63) is 35.4 Å². The lowest BCUT2D eigenvalue weighted by Gasteiger charge is -2.19. The summed E-state index contributed by atoms with van der Waals surface area (Å²) in [6.45, 7) is 9.09. The lowest BCUT2D eigenvalue weighted by Crippen LogP contribution is -2.44. The molecule has 0 radical (unpaired) electrons. The number of fused-ring (bicyclic) bond motifs is 1. The summed E-state index contributed by atoms with van der Waals surface area (Å²) in [5.74, 6) is 0.974. The molecule has 1 aromatic carbocycles. The van der Waals surface area contributed by atoms with Crippen LogP contribution in [0.5, 0.6) is 0 Å². The Labute approximate surface area is 173 Å². The van der Waals surface area contributed by atoms with E-state index in [2.05, 4.69) is 34.7 Å². The van der Waals surface area contributed by atoms with Gasteiger partial charge in [0.05, 0.1) is 19.3 Å². The number of ether oxygens (including phenoxy) is 2. The highest BCUT2D eigenvalue weighted by molar-refractivity contribution is 5.80. The number of hydrogen-bond acceptors (Lipinski definition) is 4. The van der Waals surface area contributed by atoms with Gasteiger partial charge in [-0.1, -0.05) is 24.3 Å². The second-order valence-corrected chi connectivity index (χ2v) is 7.75. The third-order valence-electron chi connectivity index (χ3n) is 5.21. The number of carbonyl (C=O) groups is 1. The van der Waals surface area contributed by atoms with E-state index in [1.54, 1.807) is 0 Å². The topological polar surface area (TPSA) is 75.2 Å². The predicted octanol–water partition coefficient (Wildman–Crippen LogP) is 2.06. The zero-order chi connectivity index (χ0) is 20.5. The standard InChI is InChI=1S/C22H34N4O3/c1-3-23-22(25-17(2)15-29-20-10-12-28-16-20)24-11-6-9-21(27)26-13-18-7-4-5-8-19(18)14-26/h4-5,7-8,17,20H,3,6,9-16H2,1-2H3,(H2,23,24,25). The molecule has 0 aliphatic carbocycles. The summed E-state index contributed by atoms with van der Waals surface area (Å²) >= 11 is 0. The molecule has 1 saturated heterocycles. The Kier molecular flexibility index (Phi) is 8.31. The van der Waals surface area contributed by atoms with Crippen LogP contribution in [0.25, 0.3) is 0 Å². The minimum absolute atomic E-state index is 0.151. The minimum atomic E-state index is 0.151. The smallest absolute Gasteiger partial charge is 0.223 e. The number of aliphatic imine (C=N–C) groups is 1. The van der Waals surface area contributed by atoms with Crippen molar-refractivity contribution in [3.8, 4) is 0 Å². The number of nitrogens with one attached hydrogen (secondary N) is 2. The van der Waals surface area contributed by atoms with Crippen LogP contribution in [0.15, 0.2) is 29.3 Å². The number of rotatable bonds is 9. The van der Waals surface area contributed by atoms with Gasteiger partial charge in [0, 0.05) is 45.2 Å². The highest BCUT2D eigenvalue weighted by Crippen LogP contribution is 2.22. The highest BCUT2D eigenvalue weighted by Gasteiger charge is 2.22. The highest BCUT2D eigenvalue weighted by atomic mass is 16.5. The van der Waals surface area contributed by atoms with Crippen molar-refractivity contribution in [2.24, 2.45) is 4.99 Å². The van der Waals surface area contributed by atoms with Crippen LogP contribution in [-0.4, -0.2) is 61.8 Å². The molecular formula is C22H34N4O3. The lowest BCUT2D eigenvalue weighted by molar-refractivity contribution is -0.131. The molecule has 1 fully saturated rings. The maximum atomic E-state index is 12.5. The van der Waals surface area contributed by atoms with E-state index in [0.29, 0.717) is 26.2 Å². The van der Waals surface area contributed by atoms with Crippen LogP contribution in [0.1, 0.15) is 44.2 Å². The van der Waals surface area contributed by atoms with Crippen LogP contribution >= 0.6 is 0 Å². The minimum Gasteiger partial charge on any atom is -0.379 e. The van der Waals surface area contributed by atoms with Crippen LogP contribution in [0.3, 0.4) is 0 Å². The zero-order valence-electron chi connectivity index (χ0n) is 17.7. The second-order valence-electron chi connectivity index (χ2n) is 7.75. The summed E-state index contributed by atoms with van der Waals surface area (Å²) in [5.41, 5.74) is 2.52. The SMILES string of the molecule is CCNC(=NCCCC(=O)N1Cc2ccccc2C1)NC(C)COC1CCOC1. The Bertz CT molecular complexity index is 663. The molecular weight excluding hydrogens is 368 g/mol. The van der Waals surface area contributed by atoms with Crippen molar-refractivity contribution in [1.82, 2.24) is 15.5 Å². The number of benzene rings is 1. The van der Waals surface area contributed by atoms with E-state index in [4.69, 9.17) is 9.47 Å². The van der Waals surface area contributed by atoms with Crippen molar-refractivity contribution < 1.29 is 14.3 Å². The fourth-order valence-electron chi connectivity index (χ4n) is 3.61. The average Bonchev–Trinajstić information content (AvgIpc) is 3.39. The lowest BCUT2D eigenvalue weighted by atomic mass is 10.1. The first-order chi connectivity index (χ1) is 14.2. The largest absolute Gasteiger partial charge is 0.379 e. The van der Waals surface area contributed by atoms with Crippen LogP contribution in [0, 0.1) is 0 Å². The molecule has 1 aromatic rings.